The lowest BCUT2D eigenvalue weighted by molar-refractivity contribution is 0.415. The number of rotatable bonds is 4. The molecule has 2 aromatic rings. The van der Waals surface area contributed by atoms with Crippen LogP contribution in [0.1, 0.15) is 35.2 Å². The van der Waals surface area contributed by atoms with E-state index in [1.807, 2.05) is 0 Å². The van der Waals surface area contributed by atoms with Gasteiger partial charge in [-0.05, 0) is 30.5 Å². The fourth-order valence-electron chi connectivity index (χ4n) is 2.24. The number of fused-ring (bicyclic) bond motifs is 1. The zero-order valence-electron chi connectivity index (χ0n) is 9.60. The van der Waals surface area contributed by atoms with E-state index in [4.69, 9.17) is 10.2 Å². The van der Waals surface area contributed by atoms with E-state index in [2.05, 4.69) is 34.5 Å². The quantitative estimate of drug-likeness (QED) is 0.865. The van der Waals surface area contributed by atoms with Crippen LogP contribution in [0.5, 0.6) is 0 Å². The number of nitrogens with two attached hydrogens (primary N) is 1. The molecule has 1 aromatic carbocycles. The summed E-state index contributed by atoms with van der Waals surface area (Å²) >= 11 is 0. The molecule has 1 aliphatic carbocycles. The Balaban J connectivity index is 1.76. The molecule has 0 aliphatic heterocycles. The molecule has 1 aromatic heterocycles. The molecule has 88 valence electrons. The van der Waals surface area contributed by atoms with Crippen molar-refractivity contribution in [3.8, 4) is 0 Å². The van der Waals surface area contributed by atoms with Crippen LogP contribution in [0.2, 0.25) is 0 Å². The summed E-state index contributed by atoms with van der Waals surface area (Å²) in [6.45, 7) is 0.657. The summed E-state index contributed by atoms with van der Waals surface area (Å²) in [5.74, 6) is 1.75. The molecule has 4 heteroatoms. The van der Waals surface area contributed by atoms with Crippen molar-refractivity contribution < 1.29 is 4.42 Å². The second-order valence-electron chi connectivity index (χ2n) is 4.38. The fourth-order valence-corrected chi connectivity index (χ4v) is 2.24. The van der Waals surface area contributed by atoms with E-state index in [0.717, 1.165) is 25.2 Å². The van der Waals surface area contributed by atoms with Crippen molar-refractivity contribution in [2.24, 2.45) is 5.73 Å². The fraction of sp³-hybridized carbons (Fsp3) is 0.385. The molecular weight excluding hydrogens is 214 g/mol. The summed E-state index contributed by atoms with van der Waals surface area (Å²) in [4.78, 5) is 0. The Hall–Kier alpha value is -1.68. The zero-order chi connectivity index (χ0) is 11.7. The molecule has 0 bridgehead atoms. The molecule has 17 heavy (non-hydrogen) atoms. The van der Waals surface area contributed by atoms with Crippen LogP contribution in [0.25, 0.3) is 0 Å². The molecule has 1 unspecified atom stereocenters. The molecule has 4 nitrogen and oxygen atoms in total. The third kappa shape index (κ3) is 1.85. The summed E-state index contributed by atoms with van der Waals surface area (Å²) in [5, 5.41) is 8.19. The van der Waals surface area contributed by atoms with Crippen LogP contribution < -0.4 is 5.73 Å². The van der Waals surface area contributed by atoms with Gasteiger partial charge >= 0.3 is 0 Å². The Morgan fingerprint density at radius 1 is 1.29 bits per heavy atom. The van der Waals surface area contributed by atoms with E-state index in [1.165, 1.54) is 11.1 Å². The highest BCUT2D eigenvalue weighted by Gasteiger charge is 2.31. The summed E-state index contributed by atoms with van der Waals surface area (Å²) in [5.41, 5.74) is 8.16. The van der Waals surface area contributed by atoms with Gasteiger partial charge in [0.25, 0.3) is 0 Å². The number of hydrogen-bond acceptors (Lipinski definition) is 4. The molecule has 0 radical (unpaired) electrons. The van der Waals surface area contributed by atoms with Gasteiger partial charge in [0.05, 0.1) is 5.92 Å². The molecule has 0 spiro atoms. The van der Waals surface area contributed by atoms with Crippen LogP contribution in [0.4, 0.5) is 0 Å². The molecular formula is C13H15N3O. The Morgan fingerprint density at radius 2 is 2.18 bits per heavy atom. The number of benzene rings is 1. The predicted molar refractivity (Wildman–Crippen MR) is 63.7 cm³/mol. The van der Waals surface area contributed by atoms with Crippen molar-refractivity contribution in [2.45, 2.75) is 25.2 Å². The molecule has 2 N–H and O–H groups in total. The van der Waals surface area contributed by atoms with Gasteiger partial charge in [-0.1, -0.05) is 24.3 Å². The highest BCUT2D eigenvalue weighted by molar-refractivity contribution is 5.43. The van der Waals surface area contributed by atoms with Gasteiger partial charge < -0.3 is 10.2 Å². The van der Waals surface area contributed by atoms with Crippen molar-refractivity contribution in [3.05, 3.63) is 47.2 Å². The monoisotopic (exact) mass is 229 g/mol. The van der Waals surface area contributed by atoms with Gasteiger partial charge in [-0.25, -0.2) is 0 Å². The van der Waals surface area contributed by atoms with Crippen LogP contribution in [0.15, 0.2) is 28.7 Å². The maximum Gasteiger partial charge on any atom is 0.224 e. The van der Waals surface area contributed by atoms with Gasteiger partial charge in [0, 0.05) is 6.42 Å². The lowest BCUT2D eigenvalue weighted by atomic mass is 9.77. The van der Waals surface area contributed by atoms with Gasteiger partial charge in [-0.2, -0.15) is 0 Å². The zero-order valence-corrected chi connectivity index (χ0v) is 9.60. The SMILES string of the molecule is NCCCc1nnc(C2Cc3ccccc32)o1. The molecule has 3 rings (SSSR count). The minimum atomic E-state index is 0.297. The van der Waals surface area contributed by atoms with Gasteiger partial charge in [0.2, 0.25) is 11.8 Å². The molecule has 1 atom stereocenters. The van der Waals surface area contributed by atoms with E-state index < -0.39 is 0 Å². The molecule has 1 aliphatic rings. The van der Waals surface area contributed by atoms with Crippen molar-refractivity contribution in [2.75, 3.05) is 6.54 Å². The summed E-state index contributed by atoms with van der Waals surface area (Å²) in [6.07, 6.45) is 2.68. The largest absolute Gasteiger partial charge is 0.425 e. The first-order valence-electron chi connectivity index (χ1n) is 5.98. The third-order valence-corrected chi connectivity index (χ3v) is 3.23. The molecule has 1 heterocycles. The lowest BCUT2D eigenvalue weighted by Crippen LogP contribution is -2.18. The number of nitrogens with zero attached hydrogens (tertiary/aromatic N) is 2. The van der Waals surface area contributed by atoms with Crippen LogP contribution in [0, 0.1) is 0 Å². The van der Waals surface area contributed by atoms with Crippen LogP contribution in [-0.4, -0.2) is 16.7 Å². The van der Waals surface area contributed by atoms with Gasteiger partial charge in [0.15, 0.2) is 0 Å². The summed E-state index contributed by atoms with van der Waals surface area (Å²) in [6, 6.07) is 8.40. The van der Waals surface area contributed by atoms with Crippen molar-refractivity contribution in [1.82, 2.24) is 10.2 Å². The number of aryl methyl sites for hydroxylation is 1. The summed E-state index contributed by atoms with van der Waals surface area (Å²) in [7, 11) is 0. The molecule has 0 fully saturated rings. The topological polar surface area (TPSA) is 64.9 Å². The first-order valence-corrected chi connectivity index (χ1v) is 5.98. The maximum absolute atomic E-state index is 5.67. The molecule has 0 saturated heterocycles. The highest BCUT2D eigenvalue weighted by Crippen LogP contribution is 2.39. The van der Waals surface area contributed by atoms with E-state index >= 15 is 0 Å². The maximum atomic E-state index is 5.67. The number of hydrogen-bond donors (Lipinski definition) is 1. The van der Waals surface area contributed by atoms with E-state index in [9.17, 15) is 0 Å². The minimum Gasteiger partial charge on any atom is -0.425 e. The predicted octanol–water partition coefficient (Wildman–Crippen LogP) is 1.65. The van der Waals surface area contributed by atoms with E-state index in [1.54, 1.807) is 0 Å². The smallest absolute Gasteiger partial charge is 0.224 e. The van der Waals surface area contributed by atoms with E-state index in [-0.39, 0.29) is 0 Å². The molecule has 0 saturated carbocycles. The summed E-state index contributed by atoms with van der Waals surface area (Å²) < 4.78 is 5.67. The average Bonchev–Trinajstić information content (AvgIpc) is 2.76. The van der Waals surface area contributed by atoms with Crippen LogP contribution >= 0.6 is 0 Å². The van der Waals surface area contributed by atoms with E-state index in [0.29, 0.717) is 18.4 Å². The second kappa shape index (κ2) is 4.30. The van der Waals surface area contributed by atoms with Crippen molar-refractivity contribution in [3.63, 3.8) is 0 Å². The number of aromatic nitrogens is 2. The Morgan fingerprint density at radius 3 is 3.00 bits per heavy atom. The minimum absolute atomic E-state index is 0.297. The average molecular weight is 229 g/mol. The van der Waals surface area contributed by atoms with Crippen LogP contribution in [-0.2, 0) is 12.8 Å². The van der Waals surface area contributed by atoms with Crippen molar-refractivity contribution >= 4 is 0 Å². The first-order chi connectivity index (χ1) is 8.38. The Kier molecular flexibility index (Phi) is 2.65. The third-order valence-electron chi connectivity index (χ3n) is 3.23. The first kappa shape index (κ1) is 10.5. The van der Waals surface area contributed by atoms with Gasteiger partial charge in [-0.3, -0.25) is 0 Å². The normalized spacial score (nSPS) is 17.6. The molecule has 0 amide bonds. The standard InChI is InChI=1S/C13H15N3O/c14-7-3-6-12-15-16-13(17-12)11-8-9-4-1-2-5-10(9)11/h1-2,4-5,11H,3,6-8,14H2. The van der Waals surface area contributed by atoms with Gasteiger partial charge in [0.1, 0.15) is 0 Å². The van der Waals surface area contributed by atoms with Gasteiger partial charge in [-0.15, -0.1) is 10.2 Å². The van der Waals surface area contributed by atoms with Crippen molar-refractivity contribution in [1.29, 1.82) is 0 Å². The van der Waals surface area contributed by atoms with Crippen LogP contribution in [0.3, 0.4) is 0 Å². The highest BCUT2D eigenvalue weighted by atomic mass is 16.4. The Labute approximate surface area is 99.8 Å². The Bertz CT molecular complexity index is 521. The second-order valence-corrected chi connectivity index (χ2v) is 4.38. The lowest BCUT2D eigenvalue weighted by Gasteiger charge is -2.26.